The van der Waals surface area contributed by atoms with Crippen molar-refractivity contribution in [2.75, 3.05) is 13.2 Å². The second-order valence-corrected chi connectivity index (χ2v) is 4.73. The van der Waals surface area contributed by atoms with Crippen LogP contribution in [0.4, 0.5) is 0 Å². The van der Waals surface area contributed by atoms with E-state index in [-0.39, 0.29) is 11.7 Å². The van der Waals surface area contributed by atoms with Crippen LogP contribution in [-0.4, -0.2) is 19.0 Å². The minimum Gasteiger partial charge on any atom is -0.490 e. The molecule has 4 heteroatoms. The number of ether oxygens (including phenoxy) is 2. The van der Waals surface area contributed by atoms with Gasteiger partial charge in [-0.15, -0.1) is 0 Å². The molecular formula is C15H21ClO3. The molecule has 0 saturated carbocycles. The van der Waals surface area contributed by atoms with Crippen molar-refractivity contribution in [1.29, 1.82) is 0 Å². The second-order valence-electron chi connectivity index (χ2n) is 4.32. The lowest BCUT2D eigenvalue weighted by Gasteiger charge is -2.15. The van der Waals surface area contributed by atoms with Crippen molar-refractivity contribution in [3.05, 3.63) is 22.7 Å². The number of Topliss-reactive ketones (excluding diaryl/α,β-unsaturated/α-hetero) is 1. The molecule has 0 heterocycles. The highest BCUT2D eigenvalue weighted by Gasteiger charge is 2.20. The number of carbonyl (C=O) groups is 1. The van der Waals surface area contributed by atoms with Crippen LogP contribution >= 0.6 is 11.6 Å². The van der Waals surface area contributed by atoms with E-state index in [4.69, 9.17) is 21.1 Å². The predicted octanol–water partition coefficient (Wildman–Crippen LogP) is 4.37. The van der Waals surface area contributed by atoms with Crippen LogP contribution in [0.1, 0.15) is 44.5 Å². The topological polar surface area (TPSA) is 35.5 Å². The molecule has 106 valence electrons. The normalized spacial score (nSPS) is 12.1. The van der Waals surface area contributed by atoms with Gasteiger partial charge in [-0.3, -0.25) is 4.79 Å². The Labute approximate surface area is 119 Å². The van der Waals surface area contributed by atoms with E-state index in [2.05, 4.69) is 0 Å². The Hall–Kier alpha value is -1.22. The van der Waals surface area contributed by atoms with Crippen molar-refractivity contribution in [3.63, 3.8) is 0 Å². The molecule has 0 fully saturated rings. The van der Waals surface area contributed by atoms with E-state index in [1.165, 1.54) is 0 Å². The number of halogens is 1. The minimum atomic E-state index is -0.0510. The standard InChI is InChI=1S/C15H21ClO3/c1-5-10(4)15(17)11-8-13(18-6-2)14(19-7-3)9-12(11)16/h8-10H,5-7H2,1-4H3. The first-order valence-electron chi connectivity index (χ1n) is 6.68. The molecular weight excluding hydrogens is 264 g/mol. The van der Waals surface area contributed by atoms with Crippen molar-refractivity contribution in [2.45, 2.75) is 34.1 Å². The van der Waals surface area contributed by atoms with Crippen molar-refractivity contribution in [2.24, 2.45) is 5.92 Å². The Kier molecular flexibility index (Phi) is 6.16. The van der Waals surface area contributed by atoms with Crippen LogP contribution < -0.4 is 9.47 Å². The van der Waals surface area contributed by atoms with Crippen LogP contribution in [-0.2, 0) is 0 Å². The number of carbonyl (C=O) groups excluding carboxylic acids is 1. The lowest BCUT2D eigenvalue weighted by Crippen LogP contribution is -2.11. The molecule has 0 N–H and O–H groups in total. The van der Waals surface area contributed by atoms with Gasteiger partial charge in [0.2, 0.25) is 0 Å². The molecule has 0 aromatic heterocycles. The summed E-state index contributed by atoms with van der Waals surface area (Å²) in [7, 11) is 0. The average Bonchev–Trinajstić information content (AvgIpc) is 2.40. The summed E-state index contributed by atoms with van der Waals surface area (Å²) in [5, 5.41) is 0.414. The summed E-state index contributed by atoms with van der Waals surface area (Å²) in [5.74, 6) is 1.14. The molecule has 1 atom stereocenters. The Morgan fingerprint density at radius 1 is 1.16 bits per heavy atom. The van der Waals surface area contributed by atoms with Gasteiger partial charge in [0.15, 0.2) is 17.3 Å². The first kappa shape index (κ1) is 15.8. The Bertz CT molecular complexity index is 443. The summed E-state index contributed by atoms with van der Waals surface area (Å²) in [4.78, 5) is 12.2. The van der Waals surface area contributed by atoms with E-state index in [1.807, 2.05) is 27.7 Å². The van der Waals surface area contributed by atoms with Crippen LogP contribution in [0.2, 0.25) is 5.02 Å². The quantitative estimate of drug-likeness (QED) is 0.698. The molecule has 0 aliphatic heterocycles. The van der Waals surface area contributed by atoms with Crippen LogP contribution in [0.25, 0.3) is 0 Å². The van der Waals surface area contributed by atoms with Crippen LogP contribution in [0.15, 0.2) is 12.1 Å². The SMILES string of the molecule is CCOc1cc(Cl)c(C(=O)C(C)CC)cc1OCC. The predicted molar refractivity (Wildman–Crippen MR) is 77.6 cm³/mol. The summed E-state index contributed by atoms with van der Waals surface area (Å²) >= 11 is 6.18. The first-order chi connectivity index (χ1) is 9.04. The molecule has 1 unspecified atom stereocenters. The zero-order valence-electron chi connectivity index (χ0n) is 12.0. The van der Waals surface area contributed by atoms with Gasteiger partial charge in [-0.25, -0.2) is 0 Å². The monoisotopic (exact) mass is 284 g/mol. The fraction of sp³-hybridized carbons (Fsp3) is 0.533. The van der Waals surface area contributed by atoms with Gasteiger partial charge in [0.05, 0.1) is 18.2 Å². The molecule has 0 aliphatic rings. The molecule has 19 heavy (non-hydrogen) atoms. The van der Waals surface area contributed by atoms with Gasteiger partial charge in [0.1, 0.15) is 0 Å². The van der Waals surface area contributed by atoms with Crippen molar-refractivity contribution >= 4 is 17.4 Å². The fourth-order valence-corrected chi connectivity index (χ4v) is 1.96. The molecule has 0 radical (unpaired) electrons. The number of rotatable bonds is 7. The molecule has 1 rings (SSSR count). The van der Waals surface area contributed by atoms with Gasteiger partial charge in [-0.1, -0.05) is 25.4 Å². The fourth-order valence-electron chi connectivity index (χ4n) is 1.71. The molecule has 1 aromatic carbocycles. The Morgan fingerprint density at radius 2 is 1.68 bits per heavy atom. The van der Waals surface area contributed by atoms with Crippen molar-refractivity contribution in [3.8, 4) is 11.5 Å². The highest BCUT2D eigenvalue weighted by atomic mass is 35.5. The highest BCUT2D eigenvalue weighted by molar-refractivity contribution is 6.34. The van der Waals surface area contributed by atoms with Gasteiger partial charge in [-0.05, 0) is 26.3 Å². The van der Waals surface area contributed by atoms with E-state index < -0.39 is 0 Å². The first-order valence-corrected chi connectivity index (χ1v) is 7.06. The molecule has 0 saturated heterocycles. The van der Waals surface area contributed by atoms with Crippen molar-refractivity contribution in [1.82, 2.24) is 0 Å². The third-order valence-electron chi connectivity index (χ3n) is 2.96. The summed E-state index contributed by atoms with van der Waals surface area (Å²) in [6, 6.07) is 3.34. The number of ketones is 1. The second kappa shape index (κ2) is 7.39. The number of hydrogen-bond donors (Lipinski definition) is 0. The minimum absolute atomic E-state index is 0.0384. The maximum absolute atomic E-state index is 12.2. The van der Waals surface area contributed by atoms with E-state index in [0.717, 1.165) is 6.42 Å². The average molecular weight is 285 g/mol. The summed E-state index contributed by atoms with van der Waals surface area (Å²) in [5.41, 5.74) is 0.503. The van der Waals surface area contributed by atoms with Crippen LogP contribution in [0.5, 0.6) is 11.5 Å². The molecule has 1 aromatic rings. The zero-order chi connectivity index (χ0) is 14.4. The summed E-state index contributed by atoms with van der Waals surface area (Å²) in [6.45, 7) is 8.69. The highest BCUT2D eigenvalue weighted by Crippen LogP contribution is 2.35. The summed E-state index contributed by atoms with van der Waals surface area (Å²) in [6.07, 6.45) is 0.784. The molecule has 0 spiro atoms. The van der Waals surface area contributed by atoms with Gasteiger partial charge >= 0.3 is 0 Å². The smallest absolute Gasteiger partial charge is 0.167 e. The number of benzene rings is 1. The van der Waals surface area contributed by atoms with Gasteiger partial charge < -0.3 is 9.47 Å². The number of hydrogen-bond acceptors (Lipinski definition) is 3. The van der Waals surface area contributed by atoms with E-state index in [1.54, 1.807) is 12.1 Å². The Balaban J connectivity index is 3.19. The third-order valence-corrected chi connectivity index (χ3v) is 3.27. The van der Waals surface area contributed by atoms with E-state index in [0.29, 0.717) is 35.3 Å². The zero-order valence-corrected chi connectivity index (χ0v) is 12.7. The molecule has 0 bridgehead atoms. The lowest BCUT2D eigenvalue weighted by molar-refractivity contribution is 0.0927. The molecule has 3 nitrogen and oxygen atoms in total. The van der Waals surface area contributed by atoms with Gasteiger partial charge in [-0.2, -0.15) is 0 Å². The maximum atomic E-state index is 12.2. The largest absolute Gasteiger partial charge is 0.490 e. The van der Waals surface area contributed by atoms with E-state index >= 15 is 0 Å². The lowest BCUT2D eigenvalue weighted by atomic mass is 9.97. The van der Waals surface area contributed by atoms with Crippen LogP contribution in [0, 0.1) is 5.92 Å². The molecule has 0 aliphatic carbocycles. The van der Waals surface area contributed by atoms with Gasteiger partial charge in [0.25, 0.3) is 0 Å². The molecule has 0 amide bonds. The third kappa shape index (κ3) is 3.87. The summed E-state index contributed by atoms with van der Waals surface area (Å²) < 4.78 is 11.0. The Morgan fingerprint density at radius 3 is 2.16 bits per heavy atom. The maximum Gasteiger partial charge on any atom is 0.167 e. The van der Waals surface area contributed by atoms with Crippen LogP contribution in [0.3, 0.4) is 0 Å². The van der Waals surface area contributed by atoms with Crippen molar-refractivity contribution < 1.29 is 14.3 Å². The van der Waals surface area contributed by atoms with Gasteiger partial charge in [0, 0.05) is 17.5 Å². The van der Waals surface area contributed by atoms with E-state index in [9.17, 15) is 4.79 Å².